The summed E-state index contributed by atoms with van der Waals surface area (Å²) in [6, 6.07) is 8.05. The highest BCUT2D eigenvalue weighted by atomic mass is 32.2. The van der Waals surface area contributed by atoms with Crippen LogP contribution in [0.3, 0.4) is 0 Å². The number of thioether (sulfide) groups is 1. The van der Waals surface area contributed by atoms with Crippen molar-refractivity contribution in [1.82, 2.24) is 14.5 Å². The predicted octanol–water partition coefficient (Wildman–Crippen LogP) is 4.30. The fourth-order valence-electron chi connectivity index (χ4n) is 3.17. The van der Waals surface area contributed by atoms with Crippen molar-refractivity contribution >= 4 is 23.3 Å². The van der Waals surface area contributed by atoms with Crippen molar-refractivity contribution < 1.29 is 9.59 Å². The van der Waals surface area contributed by atoms with Gasteiger partial charge in [-0.1, -0.05) is 30.0 Å². The summed E-state index contributed by atoms with van der Waals surface area (Å²) < 4.78 is 1.99. The van der Waals surface area contributed by atoms with Crippen LogP contribution in [0.4, 0.5) is 0 Å². The fourth-order valence-corrected chi connectivity index (χ4v) is 4.01. The van der Waals surface area contributed by atoms with E-state index in [0.717, 1.165) is 27.7 Å². The normalized spacial score (nSPS) is 10.9. The molecule has 3 rings (SSSR count). The number of nitrogens with zero attached hydrogens (tertiary/aromatic N) is 2. The van der Waals surface area contributed by atoms with Crippen LogP contribution >= 0.6 is 11.8 Å². The molecule has 0 radical (unpaired) electrons. The van der Waals surface area contributed by atoms with Crippen LogP contribution in [0.15, 0.2) is 41.8 Å². The van der Waals surface area contributed by atoms with Crippen molar-refractivity contribution in [2.45, 2.75) is 32.9 Å². The first-order chi connectivity index (χ1) is 12.4. The standard InChI is InChI=1S/C20H21N3O2S/c1-12-7-5-6-8-16(12)23-10-9-21-20(23)26-11-17(25)19-13(2)18(15(4)24)14(3)22-19/h5-10,22H,11H2,1-4H3. The van der Waals surface area contributed by atoms with E-state index in [1.165, 1.54) is 18.7 Å². The van der Waals surface area contributed by atoms with E-state index >= 15 is 0 Å². The van der Waals surface area contributed by atoms with Gasteiger partial charge in [-0.15, -0.1) is 0 Å². The molecule has 134 valence electrons. The number of imidazole rings is 1. The van der Waals surface area contributed by atoms with Gasteiger partial charge in [0, 0.05) is 23.7 Å². The number of H-pyrrole nitrogens is 1. The molecule has 0 aliphatic heterocycles. The monoisotopic (exact) mass is 367 g/mol. The maximum Gasteiger partial charge on any atom is 0.189 e. The first kappa shape index (κ1) is 18.2. The quantitative estimate of drug-likeness (QED) is 0.521. The zero-order valence-corrected chi connectivity index (χ0v) is 16.1. The Labute approximate surface area is 156 Å². The minimum atomic E-state index is -0.0394. The van der Waals surface area contributed by atoms with E-state index in [2.05, 4.69) is 9.97 Å². The van der Waals surface area contributed by atoms with Crippen LogP contribution < -0.4 is 0 Å². The number of benzene rings is 1. The molecule has 2 heterocycles. The van der Waals surface area contributed by atoms with E-state index in [1.807, 2.05) is 55.8 Å². The zero-order valence-electron chi connectivity index (χ0n) is 15.3. The SMILES string of the molecule is CC(=O)c1c(C)[nH]c(C(=O)CSc2nccn2-c2ccccc2C)c1C. The van der Waals surface area contributed by atoms with Crippen LogP contribution in [0, 0.1) is 20.8 Å². The van der Waals surface area contributed by atoms with Crippen LogP contribution in [0.25, 0.3) is 5.69 Å². The molecule has 0 saturated heterocycles. The van der Waals surface area contributed by atoms with Gasteiger partial charge in [0.2, 0.25) is 0 Å². The average molecular weight is 367 g/mol. The number of carbonyl (C=O) groups is 2. The summed E-state index contributed by atoms with van der Waals surface area (Å²) in [5, 5.41) is 0.764. The molecule has 1 N–H and O–H groups in total. The van der Waals surface area contributed by atoms with Gasteiger partial charge in [0.05, 0.1) is 17.1 Å². The molecule has 5 nitrogen and oxygen atoms in total. The summed E-state index contributed by atoms with van der Waals surface area (Å²) in [5.41, 5.74) is 4.77. The molecule has 0 atom stereocenters. The summed E-state index contributed by atoms with van der Waals surface area (Å²) in [5.74, 6) is 0.182. The molecular weight excluding hydrogens is 346 g/mol. The lowest BCUT2D eigenvalue weighted by Gasteiger charge is -2.10. The summed E-state index contributed by atoms with van der Waals surface area (Å²) in [7, 11) is 0. The third-order valence-electron chi connectivity index (χ3n) is 4.38. The fraction of sp³-hybridized carbons (Fsp3) is 0.250. The number of para-hydroxylation sites is 1. The summed E-state index contributed by atoms with van der Waals surface area (Å²) in [6.07, 6.45) is 3.63. The van der Waals surface area contributed by atoms with Gasteiger partial charge < -0.3 is 4.98 Å². The van der Waals surface area contributed by atoms with Crippen molar-refractivity contribution in [2.24, 2.45) is 0 Å². The van der Waals surface area contributed by atoms with Gasteiger partial charge in [0.25, 0.3) is 0 Å². The Hall–Kier alpha value is -2.60. The Bertz CT molecular complexity index is 985. The third-order valence-corrected chi connectivity index (χ3v) is 5.35. The second-order valence-electron chi connectivity index (χ2n) is 6.26. The summed E-state index contributed by atoms with van der Waals surface area (Å²) in [6.45, 7) is 7.19. The van der Waals surface area contributed by atoms with Crippen molar-refractivity contribution in [1.29, 1.82) is 0 Å². The summed E-state index contributed by atoms with van der Waals surface area (Å²) >= 11 is 1.39. The largest absolute Gasteiger partial charge is 0.355 e. The van der Waals surface area contributed by atoms with Crippen LogP contribution in [-0.2, 0) is 0 Å². The molecule has 6 heteroatoms. The Kier molecular flexibility index (Phi) is 5.13. The van der Waals surface area contributed by atoms with Crippen molar-refractivity contribution in [3.63, 3.8) is 0 Å². The van der Waals surface area contributed by atoms with E-state index in [0.29, 0.717) is 11.3 Å². The number of carbonyl (C=O) groups excluding carboxylic acids is 2. The minimum Gasteiger partial charge on any atom is -0.355 e. The molecule has 0 bridgehead atoms. The van der Waals surface area contributed by atoms with Crippen molar-refractivity contribution in [3.05, 3.63) is 64.7 Å². The lowest BCUT2D eigenvalue weighted by Crippen LogP contribution is -2.07. The lowest BCUT2D eigenvalue weighted by molar-refractivity contribution is 0.101. The van der Waals surface area contributed by atoms with Gasteiger partial charge in [0.15, 0.2) is 16.7 Å². The predicted molar refractivity (Wildman–Crippen MR) is 104 cm³/mol. The number of nitrogens with one attached hydrogen (secondary N) is 1. The van der Waals surface area contributed by atoms with Gasteiger partial charge in [-0.2, -0.15) is 0 Å². The first-order valence-corrected chi connectivity index (χ1v) is 9.34. The highest BCUT2D eigenvalue weighted by Gasteiger charge is 2.20. The van der Waals surface area contributed by atoms with Gasteiger partial charge in [-0.05, 0) is 44.9 Å². The molecule has 0 saturated carbocycles. The number of hydrogen-bond donors (Lipinski definition) is 1. The number of hydrogen-bond acceptors (Lipinski definition) is 4. The van der Waals surface area contributed by atoms with E-state index < -0.39 is 0 Å². The van der Waals surface area contributed by atoms with Gasteiger partial charge >= 0.3 is 0 Å². The molecule has 3 aromatic rings. The number of aromatic nitrogens is 3. The van der Waals surface area contributed by atoms with Crippen LogP contribution in [0.2, 0.25) is 0 Å². The van der Waals surface area contributed by atoms with Crippen molar-refractivity contribution in [3.8, 4) is 5.69 Å². The Morgan fingerprint density at radius 1 is 1.19 bits per heavy atom. The molecule has 0 spiro atoms. The van der Waals surface area contributed by atoms with Gasteiger partial charge in [-0.3, -0.25) is 14.2 Å². The number of aryl methyl sites for hydroxylation is 2. The van der Waals surface area contributed by atoms with Crippen LogP contribution in [-0.4, -0.2) is 31.9 Å². The van der Waals surface area contributed by atoms with Crippen LogP contribution in [0.5, 0.6) is 0 Å². The lowest BCUT2D eigenvalue weighted by atomic mass is 10.1. The minimum absolute atomic E-state index is 0.0296. The smallest absolute Gasteiger partial charge is 0.189 e. The highest BCUT2D eigenvalue weighted by Crippen LogP contribution is 2.25. The number of ketones is 2. The first-order valence-electron chi connectivity index (χ1n) is 8.35. The molecule has 0 unspecified atom stereocenters. The second-order valence-corrected chi connectivity index (χ2v) is 7.20. The van der Waals surface area contributed by atoms with E-state index in [1.54, 1.807) is 6.20 Å². The number of rotatable bonds is 6. The maximum absolute atomic E-state index is 12.7. The molecular formula is C20H21N3O2S. The average Bonchev–Trinajstić information content (AvgIpc) is 3.17. The topological polar surface area (TPSA) is 67.8 Å². The maximum atomic E-state index is 12.7. The molecule has 0 fully saturated rings. The molecule has 2 aromatic heterocycles. The highest BCUT2D eigenvalue weighted by molar-refractivity contribution is 7.99. The van der Waals surface area contributed by atoms with E-state index in [-0.39, 0.29) is 17.3 Å². The molecule has 1 aromatic carbocycles. The van der Waals surface area contributed by atoms with Crippen molar-refractivity contribution in [2.75, 3.05) is 5.75 Å². The Balaban J connectivity index is 1.80. The molecule has 0 amide bonds. The zero-order chi connectivity index (χ0) is 18.8. The molecule has 26 heavy (non-hydrogen) atoms. The summed E-state index contributed by atoms with van der Waals surface area (Å²) in [4.78, 5) is 31.9. The molecule has 0 aliphatic rings. The number of Topliss-reactive ketones (excluding diaryl/α,β-unsaturated/α-hetero) is 2. The van der Waals surface area contributed by atoms with Gasteiger partial charge in [-0.25, -0.2) is 4.98 Å². The number of aromatic amines is 1. The third kappa shape index (κ3) is 3.37. The van der Waals surface area contributed by atoms with E-state index in [9.17, 15) is 9.59 Å². The molecule has 0 aliphatic carbocycles. The van der Waals surface area contributed by atoms with E-state index in [4.69, 9.17) is 0 Å². The second kappa shape index (κ2) is 7.33. The van der Waals surface area contributed by atoms with Crippen LogP contribution in [0.1, 0.15) is 44.6 Å². The Morgan fingerprint density at radius 2 is 1.92 bits per heavy atom. The van der Waals surface area contributed by atoms with Gasteiger partial charge in [0.1, 0.15) is 0 Å². The Morgan fingerprint density at radius 3 is 2.58 bits per heavy atom.